The predicted molar refractivity (Wildman–Crippen MR) is 129 cm³/mol. The molecule has 0 bridgehead atoms. The molecule has 2 aromatic rings. The van der Waals surface area contributed by atoms with Crippen molar-refractivity contribution < 1.29 is 28.2 Å². The Bertz CT molecular complexity index is 1020. The van der Waals surface area contributed by atoms with Crippen LogP contribution in [-0.2, 0) is 11.3 Å². The second-order valence-electron chi connectivity index (χ2n) is 10.1. The number of rotatable bonds is 5. The van der Waals surface area contributed by atoms with E-state index >= 15 is 0 Å². The van der Waals surface area contributed by atoms with Crippen LogP contribution in [0.2, 0.25) is 0 Å². The van der Waals surface area contributed by atoms with Crippen LogP contribution in [0.1, 0.15) is 26.3 Å². The molecular weight excluding hydrogens is 456 g/mol. The molecule has 7 nitrogen and oxygen atoms in total. The molecule has 2 fully saturated rings. The summed E-state index contributed by atoms with van der Waals surface area (Å²) in [4.78, 5) is 17.8. The first kappa shape index (κ1) is 25.2. The van der Waals surface area contributed by atoms with Gasteiger partial charge in [0.05, 0.1) is 18.8 Å². The average molecular weight is 490 g/mol. The number of anilines is 1. The molecule has 2 unspecified atom stereocenters. The third-order valence-corrected chi connectivity index (χ3v) is 6.13. The Morgan fingerprint density at radius 1 is 1.03 bits per heavy atom. The number of nitrogens with zero attached hydrogens (tertiary/aromatic N) is 3. The van der Waals surface area contributed by atoms with Crippen molar-refractivity contribution >= 4 is 11.8 Å². The summed E-state index contributed by atoms with van der Waals surface area (Å²) in [6.45, 7) is 8.80. The van der Waals surface area contributed by atoms with Crippen LogP contribution in [-0.4, -0.2) is 78.1 Å². The molecule has 0 aliphatic carbocycles. The Morgan fingerprint density at radius 2 is 1.71 bits per heavy atom. The topological polar surface area (TPSA) is 65.5 Å². The fourth-order valence-electron chi connectivity index (χ4n) is 4.35. The van der Waals surface area contributed by atoms with Crippen molar-refractivity contribution in [2.75, 3.05) is 44.2 Å². The molecule has 0 aromatic heterocycles. The van der Waals surface area contributed by atoms with Gasteiger partial charge in [0.2, 0.25) is 0 Å². The van der Waals surface area contributed by atoms with Crippen molar-refractivity contribution in [1.82, 2.24) is 9.80 Å². The summed E-state index contributed by atoms with van der Waals surface area (Å²) < 4.78 is 40.4. The molecule has 190 valence electrons. The third kappa shape index (κ3) is 6.41. The summed E-state index contributed by atoms with van der Waals surface area (Å²) in [5.41, 5.74) is 0.807. The van der Waals surface area contributed by atoms with Gasteiger partial charge in [-0.05, 0) is 26.3 Å². The number of hydrogen-bond donors (Lipinski definition) is 1. The van der Waals surface area contributed by atoms with Gasteiger partial charge in [0, 0.05) is 44.9 Å². The summed E-state index contributed by atoms with van der Waals surface area (Å²) >= 11 is 0. The van der Waals surface area contributed by atoms with Gasteiger partial charge < -0.3 is 24.4 Å². The van der Waals surface area contributed by atoms with Crippen LogP contribution in [0.4, 0.5) is 19.3 Å². The zero-order valence-corrected chi connectivity index (χ0v) is 20.4. The smallest absolute Gasteiger partial charge is 0.410 e. The minimum absolute atomic E-state index is 0.0125. The normalized spacial score (nSPS) is 21.3. The maximum absolute atomic E-state index is 14.7. The molecule has 9 heteroatoms. The number of ether oxygens (including phenoxy) is 2. The van der Waals surface area contributed by atoms with Gasteiger partial charge in [0.15, 0.2) is 11.6 Å². The summed E-state index contributed by atoms with van der Waals surface area (Å²) in [7, 11) is 0. The first-order chi connectivity index (χ1) is 16.6. The molecule has 2 atom stereocenters. The Hall–Kier alpha value is -2.91. The van der Waals surface area contributed by atoms with E-state index < -0.39 is 35.5 Å². The summed E-state index contributed by atoms with van der Waals surface area (Å²) in [6, 6.07) is 12.3. The first-order valence-electron chi connectivity index (χ1n) is 11.9. The van der Waals surface area contributed by atoms with E-state index in [0.29, 0.717) is 13.1 Å². The number of piperazine rings is 1. The molecule has 1 amide bonds. The number of hydrogen-bond acceptors (Lipinski definition) is 6. The Morgan fingerprint density at radius 3 is 2.37 bits per heavy atom. The lowest BCUT2D eigenvalue weighted by atomic mass is 10.2. The van der Waals surface area contributed by atoms with Gasteiger partial charge in [-0.2, -0.15) is 0 Å². The standard InChI is InChI=1S/C26H33F2N3O4/c1-26(2,3)35-25(33)31-16-22(32)24(17-31)34-23-14-21(19(27)13-20(23)28)30-11-9-29(10-12-30)15-18-7-5-4-6-8-18/h4-8,13-14,22,24,32H,9-12,15-17H2,1-3H3. The van der Waals surface area contributed by atoms with E-state index in [-0.39, 0.29) is 24.5 Å². The van der Waals surface area contributed by atoms with E-state index in [9.17, 15) is 18.7 Å². The average Bonchev–Trinajstić information content (AvgIpc) is 3.16. The van der Waals surface area contributed by atoms with Crippen molar-refractivity contribution in [3.8, 4) is 5.75 Å². The molecule has 0 radical (unpaired) electrons. The van der Waals surface area contributed by atoms with Gasteiger partial charge in [0.25, 0.3) is 0 Å². The minimum atomic E-state index is -1.02. The van der Waals surface area contributed by atoms with Gasteiger partial charge in [-0.1, -0.05) is 30.3 Å². The fourth-order valence-corrected chi connectivity index (χ4v) is 4.35. The van der Waals surface area contributed by atoms with Gasteiger partial charge in [0.1, 0.15) is 23.6 Å². The molecule has 2 aromatic carbocycles. The van der Waals surface area contributed by atoms with Crippen molar-refractivity contribution in [1.29, 1.82) is 0 Å². The molecule has 35 heavy (non-hydrogen) atoms. The highest BCUT2D eigenvalue weighted by molar-refractivity contribution is 5.68. The highest BCUT2D eigenvalue weighted by atomic mass is 19.1. The Balaban J connectivity index is 1.39. The van der Waals surface area contributed by atoms with Gasteiger partial charge in [-0.25, -0.2) is 13.6 Å². The summed E-state index contributed by atoms with van der Waals surface area (Å²) in [6.07, 6.45) is -2.44. The van der Waals surface area contributed by atoms with Gasteiger partial charge >= 0.3 is 6.09 Å². The Kier molecular flexibility index (Phi) is 7.47. The van der Waals surface area contributed by atoms with Crippen molar-refractivity contribution in [2.24, 2.45) is 0 Å². The molecular formula is C26H33F2N3O4. The highest BCUT2D eigenvalue weighted by Crippen LogP contribution is 2.31. The predicted octanol–water partition coefficient (Wildman–Crippen LogP) is 3.65. The van der Waals surface area contributed by atoms with Gasteiger partial charge in [-0.3, -0.25) is 4.90 Å². The van der Waals surface area contributed by atoms with Crippen LogP contribution in [0, 0.1) is 11.6 Å². The van der Waals surface area contributed by atoms with Crippen molar-refractivity contribution in [3.05, 3.63) is 59.7 Å². The quantitative estimate of drug-likeness (QED) is 0.692. The largest absolute Gasteiger partial charge is 0.483 e. The number of likely N-dealkylation sites (tertiary alicyclic amines) is 1. The second kappa shape index (κ2) is 10.4. The third-order valence-electron chi connectivity index (χ3n) is 6.13. The number of β-amino-alcohol motifs (C(OH)–C–C–N with tert-alkyl or cyclic N) is 1. The van der Waals surface area contributed by atoms with E-state index in [0.717, 1.165) is 25.7 Å². The summed E-state index contributed by atoms with van der Waals surface area (Å²) in [5, 5.41) is 10.4. The number of benzene rings is 2. The molecule has 0 spiro atoms. The number of amides is 1. The minimum Gasteiger partial charge on any atom is -0.483 e. The van der Waals surface area contributed by atoms with E-state index in [1.54, 1.807) is 20.8 Å². The molecule has 2 aliphatic rings. The zero-order chi connectivity index (χ0) is 25.2. The van der Waals surface area contributed by atoms with E-state index in [4.69, 9.17) is 9.47 Å². The molecule has 4 rings (SSSR count). The lowest BCUT2D eigenvalue weighted by molar-refractivity contribution is 0.0268. The van der Waals surface area contributed by atoms with E-state index in [2.05, 4.69) is 17.0 Å². The monoisotopic (exact) mass is 489 g/mol. The fraction of sp³-hybridized carbons (Fsp3) is 0.500. The van der Waals surface area contributed by atoms with E-state index in [1.807, 2.05) is 23.1 Å². The van der Waals surface area contributed by atoms with Gasteiger partial charge in [-0.15, -0.1) is 0 Å². The SMILES string of the molecule is CC(C)(C)OC(=O)N1CC(O)C(Oc2cc(N3CCN(Cc4ccccc4)CC3)c(F)cc2F)C1. The molecule has 1 N–H and O–H groups in total. The lowest BCUT2D eigenvalue weighted by Gasteiger charge is -2.36. The van der Waals surface area contributed by atoms with Crippen molar-refractivity contribution in [3.63, 3.8) is 0 Å². The van der Waals surface area contributed by atoms with Crippen LogP contribution in [0.25, 0.3) is 0 Å². The van der Waals surface area contributed by atoms with E-state index in [1.165, 1.54) is 16.5 Å². The van der Waals surface area contributed by atoms with Crippen LogP contribution in [0.5, 0.6) is 5.75 Å². The number of aliphatic hydroxyl groups is 1. The Labute approximate surface area is 204 Å². The number of carbonyl (C=O) groups is 1. The number of carbonyl (C=O) groups excluding carboxylic acids is 1. The van der Waals surface area contributed by atoms with Crippen LogP contribution in [0.3, 0.4) is 0 Å². The summed E-state index contributed by atoms with van der Waals surface area (Å²) in [5.74, 6) is -1.66. The number of halogens is 2. The molecule has 2 aliphatic heterocycles. The van der Waals surface area contributed by atoms with Crippen molar-refractivity contribution in [2.45, 2.75) is 45.1 Å². The molecule has 0 saturated carbocycles. The molecule has 2 heterocycles. The lowest BCUT2D eigenvalue weighted by Crippen LogP contribution is -2.46. The number of aliphatic hydroxyl groups excluding tert-OH is 1. The first-order valence-corrected chi connectivity index (χ1v) is 11.9. The second-order valence-corrected chi connectivity index (χ2v) is 10.1. The van der Waals surface area contributed by atoms with Crippen LogP contribution < -0.4 is 9.64 Å². The highest BCUT2D eigenvalue weighted by Gasteiger charge is 2.38. The maximum Gasteiger partial charge on any atom is 0.410 e. The zero-order valence-electron chi connectivity index (χ0n) is 20.4. The van der Waals surface area contributed by atoms with Crippen LogP contribution >= 0.6 is 0 Å². The molecule has 2 saturated heterocycles. The maximum atomic E-state index is 14.7. The van der Waals surface area contributed by atoms with Crippen LogP contribution in [0.15, 0.2) is 42.5 Å².